The Hall–Kier alpha value is -0.390. The van der Waals surface area contributed by atoms with Crippen molar-refractivity contribution in [3.63, 3.8) is 0 Å². The Morgan fingerprint density at radius 1 is 0.933 bits per heavy atom. The smallest absolute Gasteiger partial charge is 0.744 e. The van der Waals surface area contributed by atoms with Crippen LogP contribution < -0.4 is 29.6 Å². The number of rotatable bonds is 1. The SMILES string of the molecule is O=S(=O)([O-])c1ccc2ccccc2c1.[Na+]. The molecule has 0 saturated carbocycles. The molecule has 15 heavy (non-hydrogen) atoms. The first-order chi connectivity index (χ1) is 6.57. The van der Waals surface area contributed by atoms with Crippen molar-refractivity contribution in [1.82, 2.24) is 0 Å². The maximum Gasteiger partial charge on any atom is 1.00 e. The predicted molar refractivity (Wildman–Crippen MR) is 51.9 cm³/mol. The Kier molecular flexibility index (Phi) is 3.92. The van der Waals surface area contributed by atoms with Gasteiger partial charge in [0.05, 0.1) is 4.90 Å². The van der Waals surface area contributed by atoms with Crippen LogP contribution in [0.3, 0.4) is 0 Å². The van der Waals surface area contributed by atoms with E-state index in [1.165, 1.54) is 12.1 Å². The molecule has 0 atom stereocenters. The average molecular weight is 230 g/mol. The van der Waals surface area contributed by atoms with Gasteiger partial charge in [0, 0.05) is 0 Å². The maximum atomic E-state index is 10.7. The van der Waals surface area contributed by atoms with Crippen molar-refractivity contribution in [2.45, 2.75) is 4.90 Å². The van der Waals surface area contributed by atoms with Crippen LogP contribution in [0.1, 0.15) is 0 Å². The van der Waals surface area contributed by atoms with Crippen LogP contribution in [0.4, 0.5) is 0 Å². The van der Waals surface area contributed by atoms with Crippen LogP contribution in [0.2, 0.25) is 0 Å². The van der Waals surface area contributed by atoms with Gasteiger partial charge in [-0.15, -0.1) is 0 Å². The molecular weight excluding hydrogens is 223 g/mol. The van der Waals surface area contributed by atoms with E-state index >= 15 is 0 Å². The third-order valence-electron chi connectivity index (χ3n) is 2.01. The summed E-state index contributed by atoms with van der Waals surface area (Å²) in [6.45, 7) is 0. The van der Waals surface area contributed by atoms with Gasteiger partial charge in [-0.05, 0) is 22.9 Å². The summed E-state index contributed by atoms with van der Waals surface area (Å²) in [5, 5.41) is 1.67. The molecule has 2 aromatic rings. The standard InChI is InChI=1S/C10H8O3S.Na/c11-14(12,13)10-6-5-8-3-1-2-4-9(8)7-10;/h1-7H,(H,11,12,13);/q;+1/p-1. The summed E-state index contributed by atoms with van der Waals surface area (Å²) >= 11 is 0. The van der Waals surface area contributed by atoms with Gasteiger partial charge in [-0.1, -0.05) is 30.3 Å². The fraction of sp³-hybridized carbons (Fsp3) is 0. The average Bonchev–Trinajstić information content (AvgIpc) is 2.16. The van der Waals surface area contributed by atoms with Crippen LogP contribution in [0.25, 0.3) is 10.8 Å². The minimum Gasteiger partial charge on any atom is -0.744 e. The number of fused-ring (bicyclic) bond motifs is 1. The van der Waals surface area contributed by atoms with Crippen molar-refractivity contribution in [2.24, 2.45) is 0 Å². The van der Waals surface area contributed by atoms with E-state index in [4.69, 9.17) is 0 Å². The van der Waals surface area contributed by atoms with Crippen LogP contribution in [0.5, 0.6) is 0 Å². The van der Waals surface area contributed by atoms with E-state index in [0.717, 1.165) is 10.8 Å². The Bertz CT molecular complexity index is 578. The molecule has 0 unspecified atom stereocenters. The van der Waals surface area contributed by atoms with Crippen molar-refractivity contribution in [3.8, 4) is 0 Å². The molecule has 0 aliphatic carbocycles. The van der Waals surface area contributed by atoms with Gasteiger partial charge in [0.15, 0.2) is 0 Å². The van der Waals surface area contributed by atoms with E-state index in [1.54, 1.807) is 18.2 Å². The van der Waals surface area contributed by atoms with Crippen LogP contribution in [-0.4, -0.2) is 13.0 Å². The molecule has 0 aliphatic rings. The first-order valence-electron chi connectivity index (χ1n) is 4.02. The van der Waals surface area contributed by atoms with Crippen LogP contribution in [0, 0.1) is 0 Å². The molecule has 72 valence electrons. The van der Waals surface area contributed by atoms with Crippen LogP contribution in [0.15, 0.2) is 47.4 Å². The maximum absolute atomic E-state index is 10.7. The molecule has 0 N–H and O–H groups in total. The Morgan fingerprint density at radius 2 is 1.53 bits per heavy atom. The Labute approximate surface area is 110 Å². The molecule has 0 saturated heterocycles. The summed E-state index contributed by atoms with van der Waals surface area (Å²) in [5.74, 6) is 0. The summed E-state index contributed by atoms with van der Waals surface area (Å²) in [7, 11) is -4.34. The van der Waals surface area contributed by atoms with E-state index in [0.29, 0.717) is 0 Å². The van der Waals surface area contributed by atoms with Crippen molar-refractivity contribution in [1.29, 1.82) is 0 Å². The van der Waals surface area contributed by atoms with Crippen molar-refractivity contribution < 1.29 is 42.5 Å². The zero-order chi connectivity index (χ0) is 10.2. The number of benzene rings is 2. The topological polar surface area (TPSA) is 57.2 Å². The number of hydrogen-bond donors (Lipinski definition) is 0. The second-order valence-electron chi connectivity index (χ2n) is 2.96. The molecule has 0 aliphatic heterocycles. The summed E-state index contributed by atoms with van der Waals surface area (Å²) in [6.07, 6.45) is 0. The second kappa shape index (κ2) is 4.63. The second-order valence-corrected chi connectivity index (χ2v) is 4.34. The fourth-order valence-electron chi connectivity index (χ4n) is 1.32. The molecule has 0 radical (unpaired) electrons. The third kappa shape index (κ3) is 2.80. The molecule has 0 heterocycles. The number of hydrogen-bond acceptors (Lipinski definition) is 3. The predicted octanol–water partition coefficient (Wildman–Crippen LogP) is -1.25. The van der Waals surface area contributed by atoms with Crippen molar-refractivity contribution >= 4 is 20.9 Å². The molecule has 5 heteroatoms. The Morgan fingerprint density at radius 3 is 2.13 bits per heavy atom. The molecule has 3 nitrogen and oxygen atoms in total. The van der Waals surface area contributed by atoms with Gasteiger partial charge in [-0.25, -0.2) is 8.42 Å². The molecule has 0 bridgehead atoms. The Balaban J connectivity index is 0.00000112. The van der Waals surface area contributed by atoms with Gasteiger partial charge < -0.3 is 4.55 Å². The monoisotopic (exact) mass is 230 g/mol. The summed E-state index contributed by atoms with van der Waals surface area (Å²) in [5.41, 5.74) is 0. The molecule has 0 spiro atoms. The van der Waals surface area contributed by atoms with Gasteiger partial charge in [0.25, 0.3) is 0 Å². The minimum atomic E-state index is -4.34. The molecule has 2 aromatic carbocycles. The van der Waals surface area contributed by atoms with E-state index in [2.05, 4.69) is 0 Å². The third-order valence-corrected chi connectivity index (χ3v) is 2.84. The molecule has 0 fully saturated rings. The van der Waals surface area contributed by atoms with Gasteiger partial charge >= 0.3 is 29.6 Å². The summed E-state index contributed by atoms with van der Waals surface area (Å²) in [4.78, 5) is -0.184. The van der Waals surface area contributed by atoms with Crippen molar-refractivity contribution in [2.75, 3.05) is 0 Å². The zero-order valence-electron chi connectivity index (χ0n) is 8.17. The van der Waals surface area contributed by atoms with E-state index < -0.39 is 10.1 Å². The van der Waals surface area contributed by atoms with Crippen molar-refractivity contribution in [3.05, 3.63) is 42.5 Å². The molecule has 0 amide bonds. The molecule has 2 rings (SSSR count). The van der Waals surface area contributed by atoms with Gasteiger partial charge in [-0.2, -0.15) is 0 Å². The van der Waals surface area contributed by atoms with Gasteiger partial charge in [-0.3, -0.25) is 0 Å². The first kappa shape index (κ1) is 12.7. The van der Waals surface area contributed by atoms with Crippen LogP contribution >= 0.6 is 0 Å². The summed E-state index contributed by atoms with van der Waals surface area (Å²) in [6, 6.07) is 11.6. The molecule has 0 aromatic heterocycles. The largest absolute Gasteiger partial charge is 1.00 e. The van der Waals surface area contributed by atoms with Crippen LogP contribution in [-0.2, 0) is 10.1 Å². The van der Waals surface area contributed by atoms with Gasteiger partial charge in [0.1, 0.15) is 10.1 Å². The normalized spacial score (nSPS) is 11.0. The van der Waals surface area contributed by atoms with E-state index in [9.17, 15) is 13.0 Å². The minimum absolute atomic E-state index is 0. The fourth-order valence-corrected chi connectivity index (χ4v) is 1.83. The van der Waals surface area contributed by atoms with Gasteiger partial charge in [0.2, 0.25) is 0 Å². The summed E-state index contributed by atoms with van der Waals surface area (Å²) < 4.78 is 32.2. The van der Waals surface area contributed by atoms with E-state index in [1.807, 2.05) is 12.1 Å². The van der Waals surface area contributed by atoms with E-state index in [-0.39, 0.29) is 34.5 Å². The first-order valence-corrected chi connectivity index (χ1v) is 5.43. The molecular formula is C10H7NaO3S. The quantitative estimate of drug-likeness (QED) is 0.454. The zero-order valence-corrected chi connectivity index (χ0v) is 11.0.